The average Bonchev–Trinajstić information content (AvgIpc) is 2.08. The standard InChI is InChI=1S/C3H9N.C3H10O3Si.CH4/c1-2-3-4;1-4-7(5-2)6-3;/h2-4H2,1H3;7H,1-3H3;1H4. The van der Waals surface area contributed by atoms with Gasteiger partial charge in [0.2, 0.25) is 0 Å². The van der Waals surface area contributed by atoms with Crippen LogP contribution in [0.3, 0.4) is 0 Å². The Hall–Kier alpha value is 0.0569. The van der Waals surface area contributed by atoms with Gasteiger partial charge in [0.05, 0.1) is 0 Å². The Kier molecular flexibility index (Phi) is 25.8. The van der Waals surface area contributed by atoms with Crippen LogP contribution < -0.4 is 5.73 Å². The number of rotatable bonds is 4. The van der Waals surface area contributed by atoms with Crippen LogP contribution in [-0.4, -0.2) is 37.4 Å². The first-order valence-electron chi connectivity index (χ1n) is 3.55. The van der Waals surface area contributed by atoms with Gasteiger partial charge in [0, 0.05) is 21.3 Å². The van der Waals surface area contributed by atoms with E-state index in [9.17, 15) is 0 Å². The molecule has 0 unspecified atom stereocenters. The second-order valence-electron chi connectivity index (χ2n) is 1.78. The van der Waals surface area contributed by atoms with Crippen molar-refractivity contribution in [2.75, 3.05) is 27.9 Å². The van der Waals surface area contributed by atoms with E-state index in [1.165, 1.54) is 0 Å². The van der Waals surface area contributed by atoms with E-state index < -0.39 is 9.53 Å². The Morgan fingerprint density at radius 2 is 1.33 bits per heavy atom. The molecule has 0 amide bonds. The lowest BCUT2D eigenvalue weighted by Crippen LogP contribution is -2.21. The molecule has 5 heteroatoms. The molecule has 0 saturated carbocycles. The maximum Gasteiger partial charge on any atom is 0.483 e. The Morgan fingerprint density at radius 1 is 1.08 bits per heavy atom. The summed E-state index contributed by atoms with van der Waals surface area (Å²) in [5.74, 6) is 0. The van der Waals surface area contributed by atoms with E-state index in [-0.39, 0.29) is 7.43 Å². The van der Waals surface area contributed by atoms with Crippen molar-refractivity contribution >= 4 is 9.53 Å². The second kappa shape index (κ2) is 17.2. The van der Waals surface area contributed by atoms with Gasteiger partial charge in [-0.3, -0.25) is 0 Å². The Balaban J connectivity index is -0.000000142. The molecule has 0 rings (SSSR count). The predicted molar refractivity (Wildman–Crippen MR) is 54.3 cm³/mol. The van der Waals surface area contributed by atoms with Crippen LogP contribution in [-0.2, 0) is 13.3 Å². The topological polar surface area (TPSA) is 53.7 Å². The summed E-state index contributed by atoms with van der Waals surface area (Å²) in [6.45, 7) is 2.88. The van der Waals surface area contributed by atoms with Crippen molar-refractivity contribution in [3.63, 3.8) is 0 Å². The van der Waals surface area contributed by atoms with Crippen LogP contribution in [0.2, 0.25) is 0 Å². The van der Waals surface area contributed by atoms with E-state index in [4.69, 9.17) is 19.0 Å². The fourth-order valence-corrected chi connectivity index (χ4v) is 0.866. The van der Waals surface area contributed by atoms with Gasteiger partial charge < -0.3 is 19.0 Å². The summed E-state index contributed by atoms with van der Waals surface area (Å²) < 4.78 is 14.2. The van der Waals surface area contributed by atoms with Crippen molar-refractivity contribution in [1.82, 2.24) is 0 Å². The van der Waals surface area contributed by atoms with Crippen molar-refractivity contribution in [3.05, 3.63) is 0 Å². The maximum absolute atomic E-state index is 5.03. The molecule has 4 nitrogen and oxygen atoms in total. The molecule has 12 heavy (non-hydrogen) atoms. The molecule has 2 N–H and O–H groups in total. The summed E-state index contributed by atoms with van der Waals surface area (Å²) in [6.07, 6.45) is 1.10. The zero-order valence-electron chi connectivity index (χ0n) is 7.79. The van der Waals surface area contributed by atoms with Crippen LogP contribution >= 0.6 is 0 Å². The summed E-state index contributed by atoms with van der Waals surface area (Å²) in [7, 11) is 3.05. The van der Waals surface area contributed by atoms with Crippen LogP contribution in [0.4, 0.5) is 0 Å². The van der Waals surface area contributed by atoms with Gasteiger partial charge in [0.25, 0.3) is 0 Å². The third-order valence-corrected chi connectivity index (χ3v) is 2.02. The lowest BCUT2D eigenvalue weighted by Gasteiger charge is -2.05. The molecule has 0 saturated heterocycles. The highest BCUT2D eigenvalue weighted by atomic mass is 28.3. The van der Waals surface area contributed by atoms with E-state index in [0.29, 0.717) is 0 Å². The summed E-state index contributed by atoms with van der Waals surface area (Å²) in [4.78, 5) is 0. The SMILES string of the molecule is C.CCCN.CO[SiH](OC)OC. The molecule has 0 fully saturated rings. The second-order valence-corrected chi connectivity index (χ2v) is 3.78. The Bertz CT molecular complexity index is 55.1. The van der Waals surface area contributed by atoms with Crippen LogP contribution in [0.5, 0.6) is 0 Å². The zero-order valence-corrected chi connectivity index (χ0v) is 8.95. The molecular formula is C7H23NO3Si. The molecule has 0 heterocycles. The normalized spacial score (nSPS) is 8.50. The van der Waals surface area contributed by atoms with Gasteiger partial charge in [-0.25, -0.2) is 0 Å². The summed E-state index contributed by atoms with van der Waals surface area (Å²) >= 11 is 0. The van der Waals surface area contributed by atoms with Crippen LogP contribution in [0, 0.1) is 0 Å². The first-order chi connectivity index (χ1) is 5.26. The van der Waals surface area contributed by atoms with Gasteiger partial charge in [-0.05, 0) is 13.0 Å². The molecule has 0 aliphatic rings. The van der Waals surface area contributed by atoms with E-state index in [0.717, 1.165) is 13.0 Å². The minimum absolute atomic E-state index is 0. The molecule has 0 radical (unpaired) electrons. The maximum atomic E-state index is 5.03. The largest absolute Gasteiger partial charge is 0.483 e. The van der Waals surface area contributed by atoms with Crippen molar-refractivity contribution in [2.24, 2.45) is 5.73 Å². The fourth-order valence-electron chi connectivity index (χ4n) is 0.289. The van der Waals surface area contributed by atoms with Crippen molar-refractivity contribution in [1.29, 1.82) is 0 Å². The minimum Gasteiger partial charge on any atom is -0.379 e. The van der Waals surface area contributed by atoms with Gasteiger partial charge in [-0.1, -0.05) is 14.4 Å². The first kappa shape index (κ1) is 18.0. The highest BCUT2D eigenvalue weighted by Crippen LogP contribution is 1.81. The molecule has 0 bridgehead atoms. The molecule has 0 aromatic carbocycles. The molecule has 0 aromatic rings. The minimum atomic E-state index is -1.67. The van der Waals surface area contributed by atoms with Gasteiger partial charge in [-0.15, -0.1) is 0 Å². The number of hydrogen-bond donors (Lipinski definition) is 1. The van der Waals surface area contributed by atoms with Crippen molar-refractivity contribution < 1.29 is 13.3 Å². The van der Waals surface area contributed by atoms with Gasteiger partial charge in [0.15, 0.2) is 0 Å². The summed E-state index contributed by atoms with van der Waals surface area (Å²) in [5.41, 5.74) is 5.03. The summed E-state index contributed by atoms with van der Waals surface area (Å²) in [5, 5.41) is 0. The Labute approximate surface area is 78.0 Å². The number of hydrogen-bond acceptors (Lipinski definition) is 4. The lowest BCUT2D eigenvalue weighted by molar-refractivity contribution is 0.163. The van der Waals surface area contributed by atoms with E-state index in [2.05, 4.69) is 6.92 Å². The van der Waals surface area contributed by atoms with Gasteiger partial charge >= 0.3 is 9.53 Å². The van der Waals surface area contributed by atoms with Crippen molar-refractivity contribution in [3.8, 4) is 0 Å². The van der Waals surface area contributed by atoms with E-state index in [1.54, 1.807) is 21.3 Å². The van der Waals surface area contributed by atoms with Crippen molar-refractivity contribution in [2.45, 2.75) is 20.8 Å². The van der Waals surface area contributed by atoms with Crippen LogP contribution in [0.25, 0.3) is 0 Å². The quantitative estimate of drug-likeness (QED) is 0.672. The third kappa shape index (κ3) is 16.6. The molecule has 0 atom stereocenters. The molecule has 0 aliphatic carbocycles. The zero-order chi connectivity index (χ0) is 9.11. The molecular weight excluding hydrogens is 174 g/mol. The van der Waals surface area contributed by atoms with Gasteiger partial charge in [-0.2, -0.15) is 0 Å². The fraction of sp³-hybridized carbons (Fsp3) is 1.00. The lowest BCUT2D eigenvalue weighted by atomic mass is 10.5. The Morgan fingerprint density at radius 3 is 1.33 bits per heavy atom. The average molecular weight is 197 g/mol. The number of nitrogens with two attached hydrogens (primary N) is 1. The first-order valence-corrected chi connectivity index (χ1v) is 4.96. The summed E-state index contributed by atoms with van der Waals surface area (Å²) in [6, 6.07) is 0. The van der Waals surface area contributed by atoms with Gasteiger partial charge in [0.1, 0.15) is 0 Å². The smallest absolute Gasteiger partial charge is 0.379 e. The van der Waals surface area contributed by atoms with Crippen LogP contribution in [0.1, 0.15) is 20.8 Å². The van der Waals surface area contributed by atoms with E-state index >= 15 is 0 Å². The predicted octanol–water partition coefficient (Wildman–Crippen LogP) is 0.634. The molecule has 0 aromatic heterocycles. The third-order valence-electron chi connectivity index (χ3n) is 0.866. The molecule has 78 valence electrons. The molecule has 0 spiro atoms. The molecule has 0 aliphatic heterocycles. The monoisotopic (exact) mass is 197 g/mol. The van der Waals surface area contributed by atoms with Crippen LogP contribution in [0.15, 0.2) is 0 Å². The van der Waals surface area contributed by atoms with E-state index in [1.807, 2.05) is 0 Å². The highest BCUT2D eigenvalue weighted by Gasteiger charge is 2.04. The highest BCUT2D eigenvalue weighted by molar-refractivity contribution is 6.36.